The van der Waals surface area contributed by atoms with Crippen LogP contribution in [0.1, 0.15) is 23.7 Å². The maximum absolute atomic E-state index is 12.5. The second kappa shape index (κ2) is 4.70. The van der Waals surface area contributed by atoms with Crippen LogP contribution in [0.2, 0.25) is 0 Å². The highest BCUT2D eigenvalue weighted by Gasteiger charge is 2.30. The molecule has 1 N–H and O–H groups in total. The quantitative estimate of drug-likeness (QED) is 0.862. The van der Waals surface area contributed by atoms with E-state index in [4.69, 9.17) is 9.47 Å². The van der Waals surface area contributed by atoms with E-state index in [9.17, 15) is 4.79 Å². The number of hydrogen-bond donors (Lipinski definition) is 1. The summed E-state index contributed by atoms with van der Waals surface area (Å²) in [5.74, 6) is 0.890. The van der Waals surface area contributed by atoms with Crippen molar-refractivity contribution in [3.8, 4) is 5.75 Å². The summed E-state index contributed by atoms with van der Waals surface area (Å²) >= 11 is 0. The molecule has 100 valence electrons. The van der Waals surface area contributed by atoms with Gasteiger partial charge in [-0.05, 0) is 31.5 Å². The number of carbonyl (C=O) groups is 1. The van der Waals surface area contributed by atoms with Gasteiger partial charge in [0.05, 0.1) is 19.8 Å². The SMILES string of the molecule is COc1ccc2[nH]cc(C(=O)C3COC(C)C3)c2c1. The molecule has 2 atom stereocenters. The fourth-order valence-corrected chi connectivity index (χ4v) is 2.65. The molecule has 2 unspecified atom stereocenters. The molecule has 2 aromatic rings. The summed E-state index contributed by atoms with van der Waals surface area (Å²) in [5.41, 5.74) is 1.69. The van der Waals surface area contributed by atoms with Gasteiger partial charge in [-0.1, -0.05) is 0 Å². The number of H-pyrrole nitrogens is 1. The van der Waals surface area contributed by atoms with Gasteiger partial charge >= 0.3 is 0 Å². The van der Waals surface area contributed by atoms with Gasteiger partial charge in [-0.25, -0.2) is 0 Å². The molecule has 0 spiro atoms. The third-order valence-corrected chi connectivity index (χ3v) is 3.72. The summed E-state index contributed by atoms with van der Waals surface area (Å²) in [4.78, 5) is 15.7. The molecule has 1 fully saturated rings. The molecule has 1 aliphatic heterocycles. The van der Waals surface area contributed by atoms with Crippen molar-refractivity contribution in [1.29, 1.82) is 0 Å². The highest BCUT2D eigenvalue weighted by atomic mass is 16.5. The first-order chi connectivity index (χ1) is 9.19. The van der Waals surface area contributed by atoms with Crippen molar-refractivity contribution >= 4 is 16.7 Å². The van der Waals surface area contributed by atoms with Crippen LogP contribution >= 0.6 is 0 Å². The van der Waals surface area contributed by atoms with Crippen molar-refractivity contribution in [2.75, 3.05) is 13.7 Å². The first-order valence-electron chi connectivity index (χ1n) is 6.50. The second-order valence-corrected chi connectivity index (χ2v) is 5.05. The number of methoxy groups -OCH3 is 1. The molecule has 0 aliphatic carbocycles. The number of Topliss-reactive ketones (excluding diaryl/α,β-unsaturated/α-hetero) is 1. The Bertz CT molecular complexity index is 617. The molecule has 0 bridgehead atoms. The zero-order valence-corrected chi connectivity index (χ0v) is 11.1. The Balaban J connectivity index is 1.98. The number of aromatic amines is 1. The van der Waals surface area contributed by atoms with Crippen molar-refractivity contribution in [3.63, 3.8) is 0 Å². The predicted molar refractivity (Wildman–Crippen MR) is 72.7 cm³/mol. The lowest BCUT2D eigenvalue weighted by molar-refractivity contribution is 0.0879. The Labute approximate surface area is 111 Å². The zero-order valence-electron chi connectivity index (χ0n) is 11.1. The van der Waals surface area contributed by atoms with Crippen LogP contribution in [0.3, 0.4) is 0 Å². The summed E-state index contributed by atoms with van der Waals surface area (Å²) in [6.07, 6.45) is 2.76. The van der Waals surface area contributed by atoms with Crippen molar-refractivity contribution in [3.05, 3.63) is 30.0 Å². The molecular formula is C15H17NO3. The van der Waals surface area contributed by atoms with Gasteiger partial charge in [-0.15, -0.1) is 0 Å². The van der Waals surface area contributed by atoms with Crippen molar-refractivity contribution in [2.24, 2.45) is 5.92 Å². The first-order valence-corrected chi connectivity index (χ1v) is 6.50. The van der Waals surface area contributed by atoms with Gasteiger partial charge in [-0.3, -0.25) is 4.79 Å². The van der Waals surface area contributed by atoms with E-state index in [1.165, 1.54) is 0 Å². The van der Waals surface area contributed by atoms with Gasteiger partial charge in [0, 0.05) is 28.6 Å². The van der Waals surface area contributed by atoms with E-state index < -0.39 is 0 Å². The molecular weight excluding hydrogens is 242 g/mol. The van der Waals surface area contributed by atoms with Crippen LogP contribution in [0.5, 0.6) is 5.75 Å². The minimum atomic E-state index is -0.0276. The number of ether oxygens (including phenoxy) is 2. The molecule has 1 aliphatic rings. The van der Waals surface area contributed by atoms with Gasteiger partial charge in [0.2, 0.25) is 0 Å². The van der Waals surface area contributed by atoms with Gasteiger partial charge in [0.25, 0.3) is 0 Å². The van der Waals surface area contributed by atoms with Crippen LogP contribution in [-0.2, 0) is 4.74 Å². The smallest absolute Gasteiger partial charge is 0.170 e. The van der Waals surface area contributed by atoms with Crippen LogP contribution in [0.15, 0.2) is 24.4 Å². The molecule has 3 rings (SSSR count). The first kappa shape index (κ1) is 12.2. The molecule has 1 aromatic heterocycles. The number of aromatic nitrogens is 1. The number of hydrogen-bond acceptors (Lipinski definition) is 3. The maximum atomic E-state index is 12.5. The number of nitrogens with one attached hydrogen (secondary N) is 1. The summed E-state index contributed by atoms with van der Waals surface area (Å²) in [5, 5.41) is 0.920. The summed E-state index contributed by atoms with van der Waals surface area (Å²) < 4.78 is 10.7. The van der Waals surface area contributed by atoms with Crippen molar-refractivity contribution in [1.82, 2.24) is 4.98 Å². The lowest BCUT2D eigenvalue weighted by Crippen LogP contribution is -2.14. The standard InChI is InChI=1S/C15H17NO3/c1-9-5-10(8-19-9)15(17)13-7-16-14-4-3-11(18-2)6-12(13)14/h3-4,6-7,9-10,16H,5,8H2,1-2H3. The Morgan fingerprint density at radius 3 is 3.00 bits per heavy atom. The van der Waals surface area contributed by atoms with Crippen molar-refractivity contribution in [2.45, 2.75) is 19.4 Å². The average Bonchev–Trinajstić information content (AvgIpc) is 3.03. The molecule has 1 saturated heterocycles. The van der Waals surface area contributed by atoms with Crippen LogP contribution < -0.4 is 4.74 Å². The fraction of sp³-hybridized carbons (Fsp3) is 0.400. The fourth-order valence-electron chi connectivity index (χ4n) is 2.65. The highest BCUT2D eigenvalue weighted by molar-refractivity contribution is 6.09. The van der Waals surface area contributed by atoms with E-state index in [1.807, 2.05) is 25.1 Å². The molecule has 2 heterocycles. The minimum absolute atomic E-state index is 0.0276. The Morgan fingerprint density at radius 2 is 2.32 bits per heavy atom. The lowest BCUT2D eigenvalue weighted by Gasteiger charge is -2.06. The largest absolute Gasteiger partial charge is 0.497 e. The van der Waals surface area contributed by atoms with E-state index in [0.717, 1.165) is 28.6 Å². The van der Waals surface area contributed by atoms with Gasteiger partial charge in [0.15, 0.2) is 5.78 Å². The average molecular weight is 259 g/mol. The summed E-state index contributed by atoms with van der Waals surface area (Å²) in [6.45, 7) is 2.53. The monoisotopic (exact) mass is 259 g/mol. The van der Waals surface area contributed by atoms with E-state index in [-0.39, 0.29) is 17.8 Å². The molecule has 4 heteroatoms. The number of rotatable bonds is 3. The summed E-state index contributed by atoms with van der Waals surface area (Å²) in [7, 11) is 1.63. The third kappa shape index (κ3) is 2.12. The van der Waals surface area contributed by atoms with E-state index in [2.05, 4.69) is 4.98 Å². The topological polar surface area (TPSA) is 51.3 Å². The number of fused-ring (bicyclic) bond motifs is 1. The normalized spacial score (nSPS) is 22.8. The van der Waals surface area contributed by atoms with Crippen LogP contribution in [0.25, 0.3) is 10.9 Å². The molecule has 0 amide bonds. The molecule has 0 saturated carbocycles. The highest BCUT2D eigenvalue weighted by Crippen LogP contribution is 2.29. The molecule has 19 heavy (non-hydrogen) atoms. The van der Waals surface area contributed by atoms with E-state index >= 15 is 0 Å². The molecule has 1 aromatic carbocycles. The van der Waals surface area contributed by atoms with Crippen LogP contribution in [-0.4, -0.2) is 30.6 Å². The second-order valence-electron chi connectivity index (χ2n) is 5.05. The van der Waals surface area contributed by atoms with Gasteiger partial charge < -0.3 is 14.5 Å². The Hall–Kier alpha value is -1.81. The third-order valence-electron chi connectivity index (χ3n) is 3.72. The van der Waals surface area contributed by atoms with E-state index in [1.54, 1.807) is 13.3 Å². The van der Waals surface area contributed by atoms with Crippen LogP contribution in [0, 0.1) is 5.92 Å². The predicted octanol–water partition coefficient (Wildman–Crippen LogP) is 2.78. The van der Waals surface area contributed by atoms with E-state index in [0.29, 0.717) is 6.61 Å². The van der Waals surface area contributed by atoms with Gasteiger partial charge in [-0.2, -0.15) is 0 Å². The maximum Gasteiger partial charge on any atom is 0.170 e. The summed E-state index contributed by atoms with van der Waals surface area (Å²) in [6, 6.07) is 5.71. The Kier molecular flexibility index (Phi) is 3.03. The van der Waals surface area contributed by atoms with Crippen molar-refractivity contribution < 1.29 is 14.3 Å². The Morgan fingerprint density at radius 1 is 1.47 bits per heavy atom. The number of ketones is 1. The lowest BCUT2D eigenvalue weighted by atomic mass is 9.95. The number of carbonyl (C=O) groups excluding carboxylic acids is 1. The van der Waals surface area contributed by atoms with Gasteiger partial charge in [0.1, 0.15) is 5.75 Å². The number of benzene rings is 1. The van der Waals surface area contributed by atoms with Crippen LogP contribution in [0.4, 0.5) is 0 Å². The minimum Gasteiger partial charge on any atom is -0.497 e. The zero-order chi connectivity index (χ0) is 13.4. The molecule has 0 radical (unpaired) electrons. The molecule has 4 nitrogen and oxygen atoms in total.